The summed E-state index contributed by atoms with van der Waals surface area (Å²) >= 11 is 0. The molecule has 1 aromatic rings. The van der Waals surface area contributed by atoms with Gasteiger partial charge in [0, 0.05) is 37.8 Å². The Kier molecular flexibility index (Phi) is 4.93. The molecule has 0 saturated heterocycles. The second kappa shape index (κ2) is 6.68. The van der Waals surface area contributed by atoms with Crippen LogP contribution in [0, 0.1) is 0 Å². The van der Waals surface area contributed by atoms with Crippen LogP contribution in [-0.4, -0.2) is 35.8 Å². The quantitative estimate of drug-likeness (QED) is 0.638. The number of hydrogen-bond acceptors (Lipinski definition) is 6. The van der Waals surface area contributed by atoms with Crippen molar-refractivity contribution in [1.29, 1.82) is 0 Å². The Bertz CT molecular complexity index is 406. The monoisotopic (exact) mass is 265 g/mol. The van der Waals surface area contributed by atoms with Crippen LogP contribution in [0.1, 0.15) is 37.8 Å². The van der Waals surface area contributed by atoms with E-state index >= 15 is 0 Å². The summed E-state index contributed by atoms with van der Waals surface area (Å²) in [7, 11) is 0. The van der Waals surface area contributed by atoms with Gasteiger partial charge in [-0.1, -0.05) is 0 Å². The minimum atomic E-state index is 0.309. The number of anilines is 2. The van der Waals surface area contributed by atoms with Crippen LogP contribution in [0.5, 0.6) is 0 Å². The maximum atomic E-state index is 5.80. The number of ether oxygens (including phenoxy) is 1. The Balaban J connectivity index is 1.86. The molecule has 1 saturated carbocycles. The number of nitrogens with zero attached hydrogens (tertiary/aromatic N) is 2. The van der Waals surface area contributed by atoms with Crippen LogP contribution < -0.4 is 16.8 Å². The van der Waals surface area contributed by atoms with Gasteiger partial charge < -0.3 is 21.5 Å². The normalized spacial score (nSPS) is 22.0. The molecule has 2 rings (SSSR count). The van der Waals surface area contributed by atoms with Gasteiger partial charge in [0.1, 0.15) is 5.82 Å². The first-order chi connectivity index (χ1) is 9.19. The highest BCUT2D eigenvalue weighted by Gasteiger charge is 2.28. The molecule has 6 nitrogen and oxygen atoms in total. The number of rotatable bonds is 7. The highest BCUT2D eigenvalue weighted by atomic mass is 16.5. The summed E-state index contributed by atoms with van der Waals surface area (Å²) in [6, 6.07) is 2.29. The first kappa shape index (κ1) is 14.0. The first-order valence-electron chi connectivity index (χ1n) is 6.90. The van der Waals surface area contributed by atoms with E-state index in [1.54, 1.807) is 0 Å². The van der Waals surface area contributed by atoms with E-state index in [4.69, 9.17) is 16.2 Å². The average molecular weight is 265 g/mol. The van der Waals surface area contributed by atoms with E-state index < -0.39 is 0 Å². The van der Waals surface area contributed by atoms with Crippen LogP contribution in [0.25, 0.3) is 0 Å². The minimum absolute atomic E-state index is 0.309. The van der Waals surface area contributed by atoms with E-state index in [1.165, 1.54) is 0 Å². The van der Waals surface area contributed by atoms with Gasteiger partial charge in [0.15, 0.2) is 0 Å². The molecule has 5 N–H and O–H groups in total. The van der Waals surface area contributed by atoms with Crippen LogP contribution in [0.2, 0.25) is 0 Å². The summed E-state index contributed by atoms with van der Waals surface area (Å²) in [5.41, 5.74) is 12.6. The summed E-state index contributed by atoms with van der Waals surface area (Å²) in [6.07, 6.45) is 2.92. The third-order valence-corrected chi connectivity index (χ3v) is 3.33. The summed E-state index contributed by atoms with van der Waals surface area (Å²) in [5.74, 6) is 1.55. The lowest BCUT2D eigenvalue weighted by molar-refractivity contribution is 0.147. The second-order valence-corrected chi connectivity index (χ2v) is 4.94. The lowest BCUT2D eigenvalue weighted by atomic mass is 9.78. The molecular weight excluding hydrogens is 242 g/mol. The van der Waals surface area contributed by atoms with Crippen molar-refractivity contribution < 1.29 is 4.74 Å². The third kappa shape index (κ3) is 4.04. The molecule has 0 aliphatic heterocycles. The van der Waals surface area contributed by atoms with Crippen LogP contribution in [-0.2, 0) is 4.74 Å². The molecule has 1 aliphatic carbocycles. The number of nitrogen functional groups attached to an aromatic ring is 1. The topological polar surface area (TPSA) is 99.1 Å². The van der Waals surface area contributed by atoms with Crippen molar-refractivity contribution in [2.24, 2.45) is 5.73 Å². The number of hydrogen-bond donors (Lipinski definition) is 3. The summed E-state index contributed by atoms with van der Waals surface area (Å²) in [4.78, 5) is 8.49. The highest BCUT2D eigenvalue weighted by molar-refractivity contribution is 5.41. The fraction of sp³-hybridized carbons (Fsp3) is 0.692. The predicted molar refractivity (Wildman–Crippen MR) is 76.0 cm³/mol. The third-order valence-electron chi connectivity index (χ3n) is 3.33. The van der Waals surface area contributed by atoms with Crippen LogP contribution >= 0.6 is 0 Å². The van der Waals surface area contributed by atoms with Crippen molar-refractivity contribution in [3.05, 3.63) is 11.8 Å². The van der Waals surface area contributed by atoms with E-state index in [-0.39, 0.29) is 0 Å². The van der Waals surface area contributed by atoms with Gasteiger partial charge in [0.25, 0.3) is 0 Å². The molecule has 0 amide bonds. The molecule has 0 radical (unpaired) electrons. The maximum absolute atomic E-state index is 5.80. The van der Waals surface area contributed by atoms with Crippen molar-refractivity contribution in [2.45, 2.75) is 38.1 Å². The molecule has 0 spiro atoms. The fourth-order valence-electron chi connectivity index (χ4n) is 2.22. The zero-order valence-electron chi connectivity index (χ0n) is 11.4. The zero-order chi connectivity index (χ0) is 13.7. The fourth-order valence-corrected chi connectivity index (χ4v) is 2.22. The van der Waals surface area contributed by atoms with Gasteiger partial charge in [-0.3, -0.25) is 0 Å². The van der Waals surface area contributed by atoms with Crippen LogP contribution in [0.4, 0.5) is 11.8 Å². The molecule has 0 bridgehead atoms. The molecule has 0 aromatic carbocycles. The smallest absolute Gasteiger partial charge is 0.222 e. The lowest BCUT2D eigenvalue weighted by Gasteiger charge is -2.32. The Morgan fingerprint density at radius 3 is 2.89 bits per heavy atom. The SMILES string of the molecule is CCOCCCNc1cc(C2CC(N)C2)nc(N)n1. The zero-order valence-corrected chi connectivity index (χ0v) is 11.4. The predicted octanol–water partition coefficient (Wildman–Crippen LogP) is 1.10. The number of aromatic nitrogens is 2. The summed E-state index contributed by atoms with van der Waals surface area (Å²) < 4.78 is 5.28. The van der Waals surface area contributed by atoms with Gasteiger partial charge >= 0.3 is 0 Å². The van der Waals surface area contributed by atoms with Crippen molar-refractivity contribution in [1.82, 2.24) is 9.97 Å². The Morgan fingerprint density at radius 2 is 2.21 bits per heavy atom. The standard InChI is InChI=1S/C13H23N5O/c1-2-19-5-3-4-16-12-8-11(17-13(15)18-12)9-6-10(14)7-9/h8-10H,2-7,14H2,1H3,(H3,15,16,17,18). The molecule has 0 unspecified atom stereocenters. The Labute approximate surface area is 113 Å². The summed E-state index contributed by atoms with van der Waals surface area (Å²) in [6.45, 7) is 4.33. The van der Waals surface area contributed by atoms with E-state index in [0.29, 0.717) is 17.9 Å². The van der Waals surface area contributed by atoms with Crippen molar-refractivity contribution in [2.75, 3.05) is 30.8 Å². The van der Waals surface area contributed by atoms with E-state index in [9.17, 15) is 0 Å². The lowest BCUT2D eigenvalue weighted by Crippen LogP contribution is -2.35. The molecule has 1 heterocycles. The molecule has 1 aromatic heterocycles. The van der Waals surface area contributed by atoms with Gasteiger partial charge in [-0.15, -0.1) is 0 Å². The molecule has 1 fully saturated rings. The highest BCUT2D eigenvalue weighted by Crippen LogP contribution is 2.35. The largest absolute Gasteiger partial charge is 0.382 e. The van der Waals surface area contributed by atoms with Gasteiger partial charge in [-0.2, -0.15) is 4.98 Å². The average Bonchev–Trinajstić information content (AvgIpc) is 2.34. The number of nitrogens with one attached hydrogen (secondary N) is 1. The molecule has 106 valence electrons. The van der Waals surface area contributed by atoms with Crippen LogP contribution in [0.15, 0.2) is 6.07 Å². The van der Waals surface area contributed by atoms with Crippen LogP contribution in [0.3, 0.4) is 0 Å². The van der Waals surface area contributed by atoms with Crippen molar-refractivity contribution >= 4 is 11.8 Å². The van der Waals surface area contributed by atoms with Gasteiger partial charge in [0.2, 0.25) is 5.95 Å². The maximum Gasteiger partial charge on any atom is 0.222 e. The first-order valence-corrected chi connectivity index (χ1v) is 6.90. The van der Waals surface area contributed by atoms with Gasteiger partial charge in [0.05, 0.1) is 5.69 Å². The Morgan fingerprint density at radius 1 is 1.42 bits per heavy atom. The molecular formula is C13H23N5O. The van der Waals surface area contributed by atoms with Crippen molar-refractivity contribution in [3.63, 3.8) is 0 Å². The second-order valence-electron chi connectivity index (χ2n) is 4.94. The van der Waals surface area contributed by atoms with E-state index in [1.807, 2.05) is 13.0 Å². The van der Waals surface area contributed by atoms with Gasteiger partial charge in [-0.05, 0) is 26.2 Å². The molecule has 6 heteroatoms. The number of nitrogens with two attached hydrogens (primary N) is 2. The molecule has 0 atom stereocenters. The van der Waals surface area contributed by atoms with Gasteiger partial charge in [-0.25, -0.2) is 4.98 Å². The van der Waals surface area contributed by atoms with Crippen molar-refractivity contribution in [3.8, 4) is 0 Å². The summed E-state index contributed by atoms with van der Waals surface area (Å²) in [5, 5.41) is 3.26. The minimum Gasteiger partial charge on any atom is -0.382 e. The molecule has 1 aliphatic rings. The molecule has 19 heavy (non-hydrogen) atoms. The van der Waals surface area contributed by atoms with E-state index in [0.717, 1.165) is 50.5 Å². The van der Waals surface area contributed by atoms with E-state index in [2.05, 4.69) is 15.3 Å². The Hall–Kier alpha value is -1.40.